The summed E-state index contributed by atoms with van der Waals surface area (Å²) in [6.45, 7) is 4.09. The van der Waals surface area contributed by atoms with Gasteiger partial charge in [-0.1, -0.05) is 60.7 Å². The molecule has 1 unspecified atom stereocenters. The number of carbonyl (C=O) groups is 1. The Kier molecular flexibility index (Phi) is 6.32. The number of nitrogens with zero attached hydrogens (tertiary/aromatic N) is 3. The molecule has 7 heteroatoms. The van der Waals surface area contributed by atoms with Gasteiger partial charge in [-0.3, -0.25) is 10.2 Å². The monoisotopic (exact) mass is 481 g/mol. The van der Waals surface area contributed by atoms with Crippen LogP contribution in [0.5, 0.6) is 0 Å². The first-order valence-corrected chi connectivity index (χ1v) is 12.5. The van der Waals surface area contributed by atoms with Crippen LogP contribution in [0.4, 0.5) is 5.82 Å². The number of rotatable bonds is 7. The number of ether oxygens (including phenoxy) is 1. The normalized spacial score (nSPS) is 17.7. The fraction of sp³-hybridized carbons (Fsp3) is 0.276. The summed E-state index contributed by atoms with van der Waals surface area (Å²) in [5, 5.41) is 3.45. The number of aromatic nitrogens is 2. The van der Waals surface area contributed by atoms with Gasteiger partial charge in [-0.25, -0.2) is 9.78 Å². The van der Waals surface area contributed by atoms with E-state index in [0.717, 1.165) is 72.7 Å². The van der Waals surface area contributed by atoms with E-state index in [1.165, 1.54) is 0 Å². The van der Waals surface area contributed by atoms with E-state index in [-0.39, 0.29) is 5.91 Å². The van der Waals surface area contributed by atoms with Crippen LogP contribution in [0, 0.1) is 0 Å². The summed E-state index contributed by atoms with van der Waals surface area (Å²) in [6.07, 6.45) is 2.96. The number of nitrogens with one attached hydrogen (secondary N) is 1. The number of morpholine rings is 1. The fourth-order valence-corrected chi connectivity index (χ4v) is 4.87. The highest BCUT2D eigenvalue weighted by Gasteiger charge is 2.41. The van der Waals surface area contributed by atoms with E-state index in [4.69, 9.17) is 14.1 Å². The number of fused-ring (bicyclic) bond motifs is 1. The van der Waals surface area contributed by atoms with E-state index in [0.29, 0.717) is 12.8 Å². The van der Waals surface area contributed by atoms with Crippen LogP contribution in [0.15, 0.2) is 83.4 Å². The zero-order valence-electron chi connectivity index (χ0n) is 20.1. The average molecular weight is 482 g/mol. The highest BCUT2D eigenvalue weighted by Crippen LogP contribution is 2.25. The van der Waals surface area contributed by atoms with Crippen molar-refractivity contribution in [1.82, 2.24) is 9.88 Å². The number of furan rings is 1. The summed E-state index contributed by atoms with van der Waals surface area (Å²) in [7, 11) is 0. The van der Waals surface area contributed by atoms with E-state index in [1.807, 2.05) is 66.9 Å². The van der Waals surface area contributed by atoms with E-state index in [2.05, 4.69) is 22.3 Å². The van der Waals surface area contributed by atoms with Crippen molar-refractivity contribution in [2.45, 2.75) is 25.4 Å². The lowest BCUT2D eigenvalue weighted by molar-refractivity contribution is -0.552. The molecule has 6 rings (SSSR count). The molecule has 1 N–H and O–H groups in total. The Morgan fingerprint density at radius 2 is 1.67 bits per heavy atom. The van der Waals surface area contributed by atoms with Crippen molar-refractivity contribution < 1.29 is 18.5 Å². The summed E-state index contributed by atoms with van der Waals surface area (Å²) in [5.74, 6) is 2.48. The maximum Gasteiger partial charge on any atom is 0.359 e. The van der Waals surface area contributed by atoms with E-state index in [9.17, 15) is 4.79 Å². The minimum atomic E-state index is -0.408. The average Bonchev–Trinajstić information content (AvgIpc) is 3.49. The van der Waals surface area contributed by atoms with Crippen LogP contribution < -0.4 is 9.88 Å². The highest BCUT2D eigenvalue weighted by molar-refractivity contribution is 5.82. The van der Waals surface area contributed by atoms with Gasteiger partial charge >= 0.3 is 11.7 Å². The fourth-order valence-electron chi connectivity index (χ4n) is 4.87. The Balaban J connectivity index is 1.25. The Morgan fingerprint density at radius 3 is 2.44 bits per heavy atom. The quantitative estimate of drug-likeness (QED) is 0.406. The molecule has 1 fully saturated rings. The van der Waals surface area contributed by atoms with Crippen LogP contribution in [0.25, 0.3) is 11.3 Å². The molecule has 2 aromatic heterocycles. The van der Waals surface area contributed by atoms with Gasteiger partial charge in [0.05, 0.1) is 26.2 Å². The van der Waals surface area contributed by atoms with Crippen LogP contribution in [0.3, 0.4) is 0 Å². The summed E-state index contributed by atoms with van der Waals surface area (Å²) >= 11 is 0. The summed E-state index contributed by atoms with van der Waals surface area (Å²) in [4.78, 5) is 20.8. The number of carbonyl (C=O) groups excluding carboxylic acids is 1. The van der Waals surface area contributed by atoms with Gasteiger partial charge in [-0.15, -0.1) is 0 Å². The van der Waals surface area contributed by atoms with Crippen molar-refractivity contribution in [2.75, 3.05) is 31.6 Å². The molecule has 182 valence electrons. The summed E-state index contributed by atoms with van der Waals surface area (Å²) in [5.41, 5.74) is 3.77. The predicted octanol–water partition coefficient (Wildman–Crippen LogP) is 3.73. The first kappa shape index (κ1) is 22.6. The zero-order valence-corrected chi connectivity index (χ0v) is 20.1. The second-order valence-corrected chi connectivity index (χ2v) is 9.32. The first-order valence-electron chi connectivity index (χ1n) is 12.5. The molecule has 7 nitrogen and oxygen atoms in total. The molecule has 4 heterocycles. The van der Waals surface area contributed by atoms with Gasteiger partial charge in [0.2, 0.25) is 6.04 Å². The van der Waals surface area contributed by atoms with Crippen LogP contribution in [-0.4, -0.2) is 48.1 Å². The molecule has 0 amide bonds. The van der Waals surface area contributed by atoms with Crippen molar-refractivity contribution >= 4 is 11.7 Å². The van der Waals surface area contributed by atoms with Crippen molar-refractivity contribution in [3.05, 3.63) is 102 Å². The molecule has 2 aliphatic heterocycles. The molecule has 2 aliphatic rings. The van der Waals surface area contributed by atoms with Gasteiger partial charge < -0.3 is 9.15 Å². The third-order valence-electron chi connectivity index (χ3n) is 6.76. The molecule has 0 spiro atoms. The standard InChI is InChI=1S/C29H28N4O3/c34-29-26(18-23-11-12-24(36-23)19-32-13-15-35-16-14-32)31-28-25(17-21-7-3-1-4-8-21)30-27(20-33(28)29)22-9-5-2-6-10-22/h1-12,20,26H,13-19H2/p+1. The molecule has 0 bridgehead atoms. The SMILES string of the molecule is O=C1C(Cc2ccc(CN3CCOCC3)o2)Nc2c(Cc3ccccc3)nc(-c3ccccc3)c[n+]21. The second-order valence-electron chi connectivity index (χ2n) is 9.32. The molecular formula is C29H29N4O3+. The van der Waals surface area contributed by atoms with Crippen LogP contribution >= 0.6 is 0 Å². The van der Waals surface area contributed by atoms with Crippen LogP contribution in [0.2, 0.25) is 0 Å². The molecule has 4 aromatic rings. The third kappa shape index (κ3) is 4.80. The second kappa shape index (κ2) is 10.0. The van der Waals surface area contributed by atoms with Gasteiger partial charge in [0.25, 0.3) is 0 Å². The molecule has 36 heavy (non-hydrogen) atoms. The highest BCUT2D eigenvalue weighted by atomic mass is 16.5. The number of anilines is 1. The van der Waals surface area contributed by atoms with Gasteiger partial charge in [-0.05, 0) is 17.7 Å². The zero-order chi connectivity index (χ0) is 24.3. The minimum Gasteiger partial charge on any atom is -0.465 e. The Labute approximate surface area is 210 Å². The molecular weight excluding hydrogens is 452 g/mol. The van der Waals surface area contributed by atoms with Crippen LogP contribution in [0.1, 0.15) is 27.6 Å². The van der Waals surface area contributed by atoms with Crippen molar-refractivity contribution in [3.8, 4) is 11.3 Å². The lowest BCUT2D eigenvalue weighted by Crippen LogP contribution is -2.44. The molecule has 1 atom stereocenters. The van der Waals surface area contributed by atoms with Gasteiger partial charge in [0, 0.05) is 25.1 Å². The Bertz CT molecular complexity index is 1350. The Hall–Kier alpha value is -3.81. The van der Waals surface area contributed by atoms with Gasteiger partial charge in [0.15, 0.2) is 0 Å². The van der Waals surface area contributed by atoms with Crippen molar-refractivity contribution in [3.63, 3.8) is 0 Å². The maximum atomic E-state index is 13.5. The predicted molar refractivity (Wildman–Crippen MR) is 136 cm³/mol. The summed E-state index contributed by atoms with van der Waals surface area (Å²) < 4.78 is 13.3. The Morgan fingerprint density at radius 1 is 0.944 bits per heavy atom. The minimum absolute atomic E-state index is 0.00465. The van der Waals surface area contributed by atoms with E-state index >= 15 is 0 Å². The van der Waals surface area contributed by atoms with Gasteiger partial charge in [-0.2, -0.15) is 4.57 Å². The molecule has 0 radical (unpaired) electrons. The van der Waals surface area contributed by atoms with Crippen LogP contribution in [-0.2, 0) is 24.1 Å². The lowest BCUT2D eigenvalue weighted by Gasteiger charge is -2.25. The maximum absolute atomic E-state index is 13.5. The van der Waals surface area contributed by atoms with E-state index < -0.39 is 6.04 Å². The van der Waals surface area contributed by atoms with Gasteiger partial charge in [0.1, 0.15) is 29.1 Å². The molecule has 1 saturated heterocycles. The number of hydrogen-bond donors (Lipinski definition) is 1. The number of benzene rings is 2. The first-order chi connectivity index (χ1) is 17.7. The number of hydrogen-bond acceptors (Lipinski definition) is 6. The molecule has 0 aliphatic carbocycles. The topological polar surface area (TPSA) is 71.5 Å². The summed E-state index contributed by atoms with van der Waals surface area (Å²) in [6, 6.07) is 23.8. The van der Waals surface area contributed by atoms with Crippen molar-refractivity contribution in [1.29, 1.82) is 0 Å². The molecule has 0 saturated carbocycles. The smallest absolute Gasteiger partial charge is 0.359 e. The van der Waals surface area contributed by atoms with Crippen molar-refractivity contribution in [2.24, 2.45) is 0 Å². The lowest BCUT2D eigenvalue weighted by atomic mass is 10.1. The largest absolute Gasteiger partial charge is 0.465 e. The third-order valence-corrected chi connectivity index (χ3v) is 6.76. The molecule has 2 aromatic carbocycles. The van der Waals surface area contributed by atoms with E-state index in [1.54, 1.807) is 4.57 Å².